The lowest BCUT2D eigenvalue weighted by Gasteiger charge is -2.09. The van der Waals surface area contributed by atoms with Gasteiger partial charge in [0.2, 0.25) is 5.16 Å². The van der Waals surface area contributed by atoms with E-state index in [0.717, 1.165) is 27.8 Å². The van der Waals surface area contributed by atoms with Crippen LogP contribution < -0.4 is 5.63 Å². The molecule has 0 saturated heterocycles. The lowest BCUT2D eigenvalue weighted by atomic mass is 10.0. The third-order valence-electron chi connectivity index (χ3n) is 5.12. The summed E-state index contributed by atoms with van der Waals surface area (Å²) >= 11 is 1.49. The van der Waals surface area contributed by atoms with Crippen LogP contribution in [0.4, 0.5) is 0 Å². The van der Waals surface area contributed by atoms with Crippen LogP contribution in [0.15, 0.2) is 56.8 Å². The summed E-state index contributed by atoms with van der Waals surface area (Å²) < 4.78 is 7.18. The molecule has 0 spiro atoms. The summed E-state index contributed by atoms with van der Waals surface area (Å²) in [6.45, 7) is 8.31. The standard InChI is InChI=1S/C22H22N4O2S/c1-13(2)16-6-8-18(9-7-16)26-22(23-24-25-26)29-12-17-11-20(27)28-21-15(4)14(3)5-10-19(17)21/h5-11,13H,12H2,1-4H3. The third kappa shape index (κ3) is 3.82. The molecule has 2 aromatic carbocycles. The Morgan fingerprint density at radius 3 is 2.59 bits per heavy atom. The van der Waals surface area contributed by atoms with E-state index in [2.05, 4.69) is 41.5 Å². The van der Waals surface area contributed by atoms with E-state index in [-0.39, 0.29) is 5.63 Å². The van der Waals surface area contributed by atoms with Crippen LogP contribution in [-0.4, -0.2) is 20.2 Å². The molecule has 0 aliphatic heterocycles. The van der Waals surface area contributed by atoms with E-state index in [1.165, 1.54) is 17.3 Å². The highest BCUT2D eigenvalue weighted by Crippen LogP contribution is 2.29. The molecule has 0 bridgehead atoms. The number of hydrogen-bond donors (Lipinski definition) is 0. The molecule has 0 aliphatic carbocycles. The van der Waals surface area contributed by atoms with Crippen molar-refractivity contribution in [2.24, 2.45) is 0 Å². The molecule has 4 rings (SSSR count). The van der Waals surface area contributed by atoms with Crippen LogP contribution in [-0.2, 0) is 5.75 Å². The molecule has 148 valence electrons. The molecule has 6 nitrogen and oxygen atoms in total. The first kappa shape index (κ1) is 19.4. The van der Waals surface area contributed by atoms with Crippen LogP contribution in [0.2, 0.25) is 0 Å². The number of benzene rings is 2. The Balaban J connectivity index is 1.64. The highest BCUT2D eigenvalue weighted by atomic mass is 32.2. The second kappa shape index (κ2) is 7.83. The fourth-order valence-corrected chi connectivity index (χ4v) is 4.10. The second-order valence-electron chi connectivity index (χ2n) is 7.38. The van der Waals surface area contributed by atoms with E-state index in [1.807, 2.05) is 38.1 Å². The van der Waals surface area contributed by atoms with Gasteiger partial charge in [-0.15, -0.1) is 5.10 Å². The SMILES string of the molecule is Cc1ccc2c(CSc3nnnn3-c3ccc(C(C)C)cc3)cc(=O)oc2c1C. The molecule has 4 aromatic rings. The molecular weight excluding hydrogens is 384 g/mol. The number of aryl methyl sites for hydroxylation is 2. The van der Waals surface area contributed by atoms with Crippen molar-refractivity contribution in [1.29, 1.82) is 0 Å². The van der Waals surface area contributed by atoms with Crippen LogP contribution >= 0.6 is 11.8 Å². The minimum atomic E-state index is -0.342. The topological polar surface area (TPSA) is 73.8 Å². The maximum absolute atomic E-state index is 12.1. The lowest BCUT2D eigenvalue weighted by molar-refractivity contribution is 0.557. The molecule has 0 radical (unpaired) electrons. The maximum atomic E-state index is 12.1. The fraction of sp³-hybridized carbons (Fsp3) is 0.273. The molecule has 2 aromatic heterocycles. The van der Waals surface area contributed by atoms with Crippen molar-refractivity contribution < 1.29 is 4.42 Å². The fourth-order valence-electron chi connectivity index (χ4n) is 3.22. The summed E-state index contributed by atoms with van der Waals surface area (Å²) in [5, 5.41) is 13.8. The predicted molar refractivity (Wildman–Crippen MR) is 115 cm³/mol. The summed E-state index contributed by atoms with van der Waals surface area (Å²) in [6, 6.07) is 13.8. The first-order chi connectivity index (χ1) is 13.9. The van der Waals surface area contributed by atoms with Gasteiger partial charge in [0.1, 0.15) is 5.58 Å². The molecule has 0 fully saturated rings. The molecule has 7 heteroatoms. The first-order valence-electron chi connectivity index (χ1n) is 9.48. The van der Waals surface area contributed by atoms with Crippen LogP contribution in [0.1, 0.15) is 42.0 Å². The zero-order valence-electron chi connectivity index (χ0n) is 16.8. The minimum absolute atomic E-state index is 0.342. The van der Waals surface area contributed by atoms with Crippen LogP contribution in [0.3, 0.4) is 0 Å². The van der Waals surface area contributed by atoms with E-state index >= 15 is 0 Å². The van der Waals surface area contributed by atoms with Gasteiger partial charge < -0.3 is 4.42 Å². The van der Waals surface area contributed by atoms with Crippen LogP contribution in [0, 0.1) is 13.8 Å². The predicted octanol–water partition coefficient (Wildman–Crippen LogP) is 4.80. The van der Waals surface area contributed by atoms with E-state index in [0.29, 0.717) is 22.4 Å². The van der Waals surface area contributed by atoms with Gasteiger partial charge in [-0.3, -0.25) is 0 Å². The Kier molecular flexibility index (Phi) is 5.24. The minimum Gasteiger partial charge on any atom is -0.422 e. The van der Waals surface area contributed by atoms with Crippen molar-refractivity contribution in [1.82, 2.24) is 20.2 Å². The van der Waals surface area contributed by atoms with Gasteiger partial charge in [-0.05, 0) is 64.6 Å². The number of aromatic nitrogens is 4. The largest absolute Gasteiger partial charge is 0.422 e. The van der Waals surface area contributed by atoms with Gasteiger partial charge >= 0.3 is 5.63 Å². The molecule has 29 heavy (non-hydrogen) atoms. The molecular formula is C22H22N4O2S. The van der Waals surface area contributed by atoms with E-state index in [1.54, 1.807) is 10.7 Å². The van der Waals surface area contributed by atoms with Gasteiger partial charge in [0.05, 0.1) is 5.69 Å². The Labute approximate surface area is 172 Å². The van der Waals surface area contributed by atoms with Crippen LogP contribution in [0.5, 0.6) is 0 Å². The first-order valence-corrected chi connectivity index (χ1v) is 10.5. The zero-order chi connectivity index (χ0) is 20.5. The van der Waals surface area contributed by atoms with E-state index in [9.17, 15) is 4.79 Å². The average Bonchev–Trinajstić information content (AvgIpc) is 3.18. The molecule has 0 amide bonds. The van der Waals surface area contributed by atoms with Gasteiger partial charge in [-0.2, -0.15) is 4.68 Å². The van der Waals surface area contributed by atoms with Crippen molar-refractivity contribution in [3.05, 3.63) is 75.1 Å². The lowest BCUT2D eigenvalue weighted by Crippen LogP contribution is -2.03. The summed E-state index contributed by atoms with van der Waals surface area (Å²) in [7, 11) is 0. The quantitative estimate of drug-likeness (QED) is 0.350. The van der Waals surface area contributed by atoms with Crippen molar-refractivity contribution in [2.45, 2.75) is 44.5 Å². The molecule has 0 unspecified atom stereocenters. The maximum Gasteiger partial charge on any atom is 0.336 e. The van der Waals surface area contributed by atoms with Crippen molar-refractivity contribution in [2.75, 3.05) is 0 Å². The summed E-state index contributed by atoms with van der Waals surface area (Å²) in [5.41, 5.74) is 5.48. The Hall–Kier alpha value is -2.93. The molecule has 0 N–H and O–H groups in total. The third-order valence-corrected chi connectivity index (χ3v) is 6.09. The number of hydrogen-bond acceptors (Lipinski definition) is 6. The van der Waals surface area contributed by atoms with Gasteiger partial charge in [0.15, 0.2) is 0 Å². The zero-order valence-corrected chi connectivity index (χ0v) is 17.7. The molecule has 0 saturated carbocycles. The van der Waals surface area contributed by atoms with Crippen molar-refractivity contribution >= 4 is 22.7 Å². The summed E-state index contributed by atoms with van der Waals surface area (Å²) in [6.07, 6.45) is 0. The van der Waals surface area contributed by atoms with Crippen molar-refractivity contribution in [3.63, 3.8) is 0 Å². The molecule has 2 heterocycles. The second-order valence-corrected chi connectivity index (χ2v) is 8.33. The number of rotatable bonds is 5. The number of thioether (sulfide) groups is 1. The van der Waals surface area contributed by atoms with Gasteiger partial charge in [0.25, 0.3) is 0 Å². The Morgan fingerprint density at radius 2 is 1.86 bits per heavy atom. The Bertz CT molecular complexity index is 1230. The van der Waals surface area contributed by atoms with Crippen LogP contribution in [0.25, 0.3) is 16.7 Å². The molecule has 0 aliphatic rings. The Morgan fingerprint density at radius 1 is 1.10 bits per heavy atom. The van der Waals surface area contributed by atoms with Gasteiger partial charge in [-0.25, -0.2) is 4.79 Å². The van der Waals surface area contributed by atoms with Gasteiger partial charge in [-0.1, -0.05) is 49.9 Å². The molecule has 0 atom stereocenters. The highest BCUT2D eigenvalue weighted by molar-refractivity contribution is 7.98. The average molecular weight is 407 g/mol. The normalized spacial score (nSPS) is 11.5. The van der Waals surface area contributed by atoms with E-state index in [4.69, 9.17) is 4.42 Å². The van der Waals surface area contributed by atoms with Gasteiger partial charge in [0, 0.05) is 17.2 Å². The summed E-state index contributed by atoms with van der Waals surface area (Å²) in [4.78, 5) is 12.1. The smallest absolute Gasteiger partial charge is 0.336 e. The van der Waals surface area contributed by atoms with E-state index < -0.39 is 0 Å². The number of fused-ring (bicyclic) bond motifs is 1. The number of tetrazole rings is 1. The number of nitrogens with zero attached hydrogens (tertiary/aromatic N) is 4. The highest BCUT2D eigenvalue weighted by Gasteiger charge is 2.13. The van der Waals surface area contributed by atoms with Crippen molar-refractivity contribution in [3.8, 4) is 5.69 Å². The monoisotopic (exact) mass is 406 g/mol. The summed E-state index contributed by atoms with van der Waals surface area (Å²) in [5.74, 6) is 1.03.